The smallest absolute Gasteiger partial charge is 0.308 e. The molecule has 3 N–H and O–H groups in total. The Hall–Kier alpha value is -0.610. The third kappa shape index (κ3) is 2.38. The van der Waals surface area contributed by atoms with Gasteiger partial charge in [0.25, 0.3) is 0 Å². The van der Waals surface area contributed by atoms with Crippen molar-refractivity contribution in [2.24, 2.45) is 17.8 Å². The van der Waals surface area contributed by atoms with Crippen LogP contribution in [0.4, 0.5) is 0 Å². The number of aliphatic hydroxyl groups is 1. The lowest BCUT2D eigenvalue weighted by Crippen LogP contribution is -2.49. The van der Waals surface area contributed by atoms with Crippen molar-refractivity contribution < 1.29 is 15.0 Å². The standard InChI is InChI=1S/C12H21NO3/c14-7-9-3-1-2-8(9)6-13-11-5-4-10(11)12(15)16/h8-11,13-14H,1-7H2,(H,15,16). The van der Waals surface area contributed by atoms with Crippen LogP contribution in [0.3, 0.4) is 0 Å². The number of rotatable bonds is 5. The minimum absolute atomic E-state index is 0.164. The Kier molecular flexibility index (Phi) is 3.82. The number of hydrogen-bond acceptors (Lipinski definition) is 3. The first kappa shape index (κ1) is 11.9. The molecule has 0 aliphatic heterocycles. The van der Waals surface area contributed by atoms with Gasteiger partial charge in [-0.25, -0.2) is 0 Å². The van der Waals surface area contributed by atoms with E-state index in [0.717, 1.165) is 25.8 Å². The molecular formula is C12H21NO3. The summed E-state index contributed by atoms with van der Waals surface area (Å²) in [6.45, 7) is 1.15. The van der Waals surface area contributed by atoms with Crippen molar-refractivity contribution in [3.63, 3.8) is 0 Å². The molecule has 0 aromatic rings. The second-order valence-electron chi connectivity index (χ2n) is 5.17. The Labute approximate surface area is 96.0 Å². The van der Waals surface area contributed by atoms with Gasteiger partial charge in [0.15, 0.2) is 0 Å². The molecule has 2 aliphatic rings. The summed E-state index contributed by atoms with van der Waals surface area (Å²) in [5.41, 5.74) is 0. The van der Waals surface area contributed by atoms with E-state index in [2.05, 4.69) is 5.32 Å². The van der Waals surface area contributed by atoms with Crippen molar-refractivity contribution in [1.82, 2.24) is 5.32 Å². The quantitative estimate of drug-likeness (QED) is 0.651. The minimum Gasteiger partial charge on any atom is -0.481 e. The summed E-state index contributed by atoms with van der Waals surface area (Å²) >= 11 is 0. The molecule has 4 nitrogen and oxygen atoms in total. The highest BCUT2D eigenvalue weighted by Gasteiger charge is 2.37. The van der Waals surface area contributed by atoms with Crippen molar-refractivity contribution >= 4 is 5.97 Å². The molecule has 0 heterocycles. The monoisotopic (exact) mass is 227 g/mol. The van der Waals surface area contributed by atoms with E-state index < -0.39 is 5.97 Å². The molecule has 16 heavy (non-hydrogen) atoms. The van der Waals surface area contributed by atoms with Crippen LogP contribution in [0.5, 0.6) is 0 Å². The van der Waals surface area contributed by atoms with Crippen LogP contribution in [0.25, 0.3) is 0 Å². The molecule has 4 atom stereocenters. The molecular weight excluding hydrogens is 206 g/mol. The van der Waals surface area contributed by atoms with E-state index in [1.165, 1.54) is 12.8 Å². The minimum atomic E-state index is -0.672. The zero-order valence-corrected chi connectivity index (χ0v) is 9.56. The number of carbonyl (C=O) groups is 1. The maximum absolute atomic E-state index is 10.8. The molecule has 2 fully saturated rings. The van der Waals surface area contributed by atoms with Crippen LogP contribution in [-0.4, -0.2) is 35.4 Å². The van der Waals surface area contributed by atoms with E-state index in [0.29, 0.717) is 11.8 Å². The first-order chi connectivity index (χ1) is 7.72. The second-order valence-corrected chi connectivity index (χ2v) is 5.17. The Bertz CT molecular complexity index is 257. The fourth-order valence-electron chi connectivity index (χ4n) is 2.97. The van der Waals surface area contributed by atoms with Gasteiger partial charge in [0.1, 0.15) is 0 Å². The number of aliphatic hydroxyl groups excluding tert-OH is 1. The normalized spacial score (nSPS) is 38.3. The van der Waals surface area contributed by atoms with Gasteiger partial charge in [-0.2, -0.15) is 0 Å². The Morgan fingerprint density at radius 2 is 1.94 bits per heavy atom. The van der Waals surface area contributed by atoms with Gasteiger partial charge in [-0.3, -0.25) is 4.79 Å². The van der Waals surface area contributed by atoms with E-state index in [1.807, 2.05) is 0 Å². The highest BCUT2D eigenvalue weighted by molar-refractivity contribution is 5.72. The lowest BCUT2D eigenvalue weighted by atomic mass is 9.79. The third-order valence-corrected chi connectivity index (χ3v) is 4.28. The number of carboxylic acids is 1. The van der Waals surface area contributed by atoms with Crippen LogP contribution in [0.15, 0.2) is 0 Å². The van der Waals surface area contributed by atoms with E-state index in [4.69, 9.17) is 5.11 Å². The average Bonchev–Trinajstić information content (AvgIpc) is 2.62. The van der Waals surface area contributed by atoms with Crippen LogP contribution in [0.2, 0.25) is 0 Å². The van der Waals surface area contributed by atoms with Crippen LogP contribution in [-0.2, 0) is 4.79 Å². The zero-order valence-electron chi connectivity index (χ0n) is 9.56. The molecule has 2 saturated carbocycles. The maximum atomic E-state index is 10.8. The largest absolute Gasteiger partial charge is 0.481 e. The van der Waals surface area contributed by atoms with Gasteiger partial charge in [-0.15, -0.1) is 0 Å². The summed E-state index contributed by atoms with van der Waals surface area (Å²) in [5.74, 6) is 0.110. The van der Waals surface area contributed by atoms with Crippen LogP contribution < -0.4 is 5.32 Å². The number of carboxylic acid groups (broad SMARTS) is 1. The molecule has 4 unspecified atom stereocenters. The number of hydrogen-bond donors (Lipinski definition) is 3. The van der Waals surface area contributed by atoms with E-state index >= 15 is 0 Å². The first-order valence-electron chi connectivity index (χ1n) is 6.29. The molecule has 0 spiro atoms. The SMILES string of the molecule is O=C(O)C1CCC1NCC1CCCC1CO. The van der Waals surface area contributed by atoms with Gasteiger partial charge < -0.3 is 15.5 Å². The zero-order chi connectivity index (χ0) is 11.5. The van der Waals surface area contributed by atoms with E-state index in [-0.39, 0.29) is 18.6 Å². The van der Waals surface area contributed by atoms with Crippen molar-refractivity contribution in [2.75, 3.05) is 13.2 Å². The molecule has 0 bridgehead atoms. The van der Waals surface area contributed by atoms with Gasteiger partial charge in [-0.05, 0) is 44.1 Å². The molecule has 0 aromatic heterocycles. The average molecular weight is 227 g/mol. The number of nitrogens with one attached hydrogen (secondary N) is 1. The van der Waals surface area contributed by atoms with Gasteiger partial charge in [-0.1, -0.05) is 6.42 Å². The summed E-state index contributed by atoms with van der Waals surface area (Å²) in [4.78, 5) is 10.8. The summed E-state index contributed by atoms with van der Waals surface area (Å²) in [5, 5.41) is 21.5. The van der Waals surface area contributed by atoms with Crippen molar-refractivity contribution in [1.29, 1.82) is 0 Å². The maximum Gasteiger partial charge on any atom is 0.308 e. The molecule has 92 valence electrons. The Morgan fingerprint density at radius 1 is 1.19 bits per heavy atom. The highest BCUT2D eigenvalue weighted by Crippen LogP contribution is 2.32. The molecule has 0 amide bonds. The van der Waals surface area contributed by atoms with Gasteiger partial charge in [0.2, 0.25) is 0 Å². The highest BCUT2D eigenvalue weighted by atomic mass is 16.4. The van der Waals surface area contributed by atoms with Gasteiger partial charge >= 0.3 is 5.97 Å². The van der Waals surface area contributed by atoms with Gasteiger partial charge in [0, 0.05) is 12.6 Å². The third-order valence-electron chi connectivity index (χ3n) is 4.28. The Morgan fingerprint density at radius 3 is 2.50 bits per heavy atom. The molecule has 4 heteroatoms. The van der Waals surface area contributed by atoms with Crippen LogP contribution in [0, 0.1) is 17.8 Å². The second kappa shape index (κ2) is 5.15. The predicted molar refractivity (Wildman–Crippen MR) is 60.1 cm³/mol. The van der Waals surface area contributed by atoms with Crippen LogP contribution >= 0.6 is 0 Å². The van der Waals surface area contributed by atoms with Crippen molar-refractivity contribution in [3.05, 3.63) is 0 Å². The van der Waals surface area contributed by atoms with Crippen molar-refractivity contribution in [2.45, 2.75) is 38.1 Å². The fraction of sp³-hybridized carbons (Fsp3) is 0.917. The summed E-state index contributed by atoms with van der Waals surface area (Å²) in [6, 6.07) is 0.164. The van der Waals surface area contributed by atoms with E-state index in [1.54, 1.807) is 0 Å². The first-order valence-corrected chi connectivity index (χ1v) is 6.29. The van der Waals surface area contributed by atoms with Crippen molar-refractivity contribution in [3.8, 4) is 0 Å². The molecule has 2 aliphatic carbocycles. The molecule has 0 saturated heterocycles. The Balaban J connectivity index is 1.73. The topological polar surface area (TPSA) is 69.6 Å². The molecule has 0 radical (unpaired) electrons. The van der Waals surface area contributed by atoms with Gasteiger partial charge in [0.05, 0.1) is 5.92 Å². The summed E-state index contributed by atoms with van der Waals surface area (Å²) < 4.78 is 0. The van der Waals surface area contributed by atoms with Crippen LogP contribution in [0.1, 0.15) is 32.1 Å². The lowest BCUT2D eigenvalue weighted by molar-refractivity contribution is -0.146. The van der Waals surface area contributed by atoms with E-state index in [9.17, 15) is 9.90 Å². The molecule has 2 rings (SSSR count). The number of aliphatic carboxylic acids is 1. The summed E-state index contributed by atoms with van der Waals surface area (Å²) in [6.07, 6.45) is 5.28. The lowest BCUT2D eigenvalue weighted by Gasteiger charge is -2.35. The fourth-order valence-corrected chi connectivity index (χ4v) is 2.97. The summed E-state index contributed by atoms with van der Waals surface area (Å²) in [7, 11) is 0. The predicted octanol–water partition coefficient (Wildman–Crippen LogP) is 0.848. The molecule has 0 aromatic carbocycles.